The third kappa shape index (κ3) is 3.65. The maximum atomic E-state index is 5.85. The van der Waals surface area contributed by atoms with Crippen LogP contribution in [0.3, 0.4) is 0 Å². The highest BCUT2D eigenvalue weighted by atomic mass is 16.5. The second kappa shape index (κ2) is 5.61. The molecule has 0 heterocycles. The van der Waals surface area contributed by atoms with Crippen LogP contribution in [-0.2, 0) is 4.74 Å². The molecule has 0 aromatic rings. The highest BCUT2D eigenvalue weighted by Crippen LogP contribution is 2.21. The van der Waals surface area contributed by atoms with E-state index in [1.807, 2.05) is 7.05 Å². The van der Waals surface area contributed by atoms with E-state index in [0.717, 1.165) is 6.61 Å². The summed E-state index contributed by atoms with van der Waals surface area (Å²) in [5.41, 5.74) is 0. The molecule has 0 aromatic heterocycles. The van der Waals surface area contributed by atoms with E-state index >= 15 is 0 Å². The topological polar surface area (TPSA) is 21.3 Å². The van der Waals surface area contributed by atoms with Gasteiger partial charge >= 0.3 is 0 Å². The molecule has 0 bridgehead atoms. The molecule has 1 atom stereocenters. The third-order valence-electron chi connectivity index (χ3n) is 2.99. The van der Waals surface area contributed by atoms with Crippen LogP contribution in [0.25, 0.3) is 0 Å². The smallest absolute Gasteiger partial charge is 0.0625 e. The number of likely N-dealkylation sites (N-methyl/N-ethyl adjacent to an activating group) is 1. The molecular formula is C11H23NO. The molecular weight excluding hydrogens is 162 g/mol. The summed E-state index contributed by atoms with van der Waals surface area (Å²) in [6.07, 6.45) is 5.81. The van der Waals surface area contributed by atoms with E-state index in [-0.39, 0.29) is 0 Å². The Morgan fingerprint density at radius 3 is 2.38 bits per heavy atom. The predicted octanol–water partition coefficient (Wildman–Crippen LogP) is 2.19. The van der Waals surface area contributed by atoms with Crippen molar-refractivity contribution in [3.63, 3.8) is 0 Å². The van der Waals surface area contributed by atoms with Gasteiger partial charge in [0.05, 0.1) is 12.7 Å². The van der Waals surface area contributed by atoms with Gasteiger partial charge in [-0.25, -0.2) is 0 Å². The van der Waals surface area contributed by atoms with Gasteiger partial charge in [0.25, 0.3) is 0 Å². The average molecular weight is 185 g/mol. The maximum Gasteiger partial charge on any atom is 0.0625 e. The fourth-order valence-corrected chi connectivity index (χ4v) is 1.90. The Balaban J connectivity index is 2.15. The zero-order valence-corrected chi connectivity index (χ0v) is 9.18. The zero-order chi connectivity index (χ0) is 9.68. The van der Waals surface area contributed by atoms with Gasteiger partial charge in [-0.05, 0) is 25.8 Å². The van der Waals surface area contributed by atoms with Crippen molar-refractivity contribution in [2.24, 2.45) is 5.92 Å². The minimum absolute atomic E-state index is 0.514. The minimum atomic E-state index is 0.514. The molecule has 0 saturated heterocycles. The van der Waals surface area contributed by atoms with E-state index in [1.54, 1.807) is 0 Å². The van der Waals surface area contributed by atoms with Gasteiger partial charge < -0.3 is 10.1 Å². The van der Waals surface area contributed by atoms with Crippen LogP contribution >= 0.6 is 0 Å². The van der Waals surface area contributed by atoms with Gasteiger partial charge in [0.2, 0.25) is 0 Å². The molecule has 1 unspecified atom stereocenters. The number of ether oxygens (including phenoxy) is 1. The molecule has 0 radical (unpaired) electrons. The van der Waals surface area contributed by atoms with Crippen LogP contribution in [0.2, 0.25) is 0 Å². The number of hydrogen-bond donors (Lipinski definition) is 1. The Kier molecular flexibility index (Phi) is 4.74. The van der Waals surface area contributed by atoms with E-state index < -0.39 is 0 Å². The molecule has 1 N–H and O–H groups in total. The van der Waals surface area contributed by atoms with Crippen molar-refractivity contribution in [1.82, 2.24) is 5.32 Å². The molecule has 0 aliphatic heterocycles. The summed E-state index contributed by atoms with van der Waals surface area (Å²) >= 11 is 0. The first kappa shape index (κ1) is 11.0. The van der Waals surface area contributed by atoms with Crippen LogP contribution in [0.5, 0.6) is 0 Å². The molecule has 2 heteroatoms. The van der Waals surface area contributed by atoms with Crippen LogP contribution in [0.15, 0.2) is 0 Å². The lowest BCUT2D eigenvalue weighted by molar-refractivity contribution is 0.0361. The molecule has 0 spiro atoms. The zero-order valence-electron chi connectivity index (χ0n) is 9.18. The quantitative estimate of drug-likeness (QED) is 0.709. The highest BCUT2D eigenvalue weighted by molar-refractivity contribution is 4.71. The SMILES string of the molecule is CNC(COC1CCCC1)C(C)C. The molecule has 1 aliphatic rings. The molecule has 78 valence electrons. The van der Waals surface area contributed by atoms with E-state index in [9.17, 15) is 0 Å². The Hall–Kier alpha value is -0.0800. The first-order chi connectivity index (χ1) is 6.24. The summed E-state index contributed by atoms with van der Waals surface area (Å²) in [5, 5.41) is 3.30. The molecule has 13 heavy (non-hydrogen) atoms. The molecule has 1 fully saturated rings. The van der Waals surface area contributed by atoms with Gasteiger partial charge in [-0.2, -0.15) is 0 Å². The summed E-state index contributed by atoms with van der Waals surface area (Å²) in [7, 11) is 2.02. The lowest BCUT2D eigenvalue weighted by Gasteiger charge is -2.22. The monoisotopic (exact) mass is 185 g/mol. The second-order valence-corrected chi connectivity index (χ2v) is 4.38. The van der Waals surface area contributed by atoms with E-state index in [1.165, 1.54) is 25.7 Å². The first-order valence-electron chi connectivity index (χ1n) is 5.53. The summed E-state index contributed by atoms with van der Waals surface area (Å²) in [4.78, 5) is 0. The molecule has 0 aromatic carbocycles. The summed E-state index contributed by atoms with van der Waals surface area (Å²) in [5.74, 6) is 0.659. The van der Waals surface area contributed by atoms with E-state index in [4.69, 9.17) is 4.74 Å². The third-order valence-corrected chi connectivity index (χ3v) is 2.99. The lowest BCUT2D eigenvalue weighted by atomic mass is 10.1. The number of rotatable bonds is 5. The molecule has 1 rings (SSSR count). The Morgan fingerprint density at radius 1 is 1.31 bits per heavy atom. The van der Waals surface area contributed by atoms with Gasteiger partial charge in [-0.15, -0.1) is 0 Å². The highest BCUT2D eigenvalue weighted by Gasteiger charge is 2.18. The van der Waals surface area contributed by atoms with Crippen molar-refractivity contribution in [3.05, 3.63) is 0 Å². The standard InChI is InChI=1S/C11H23NO/c1-9(2)11(12-3)8-13-10-6-4-5-7-10/h9-12H,4-8H2,1-3H3. The van der Waals surface area contributed by atoms with E-state index in [0.29, 0.717) is 18.1 Å². The Morgan fingerprint density at radius 2 is 1.92 bits per heavy atom. The predicted molar refractivity (Wildman–Crippen MR) is 55.9 cm³/mol. The van der Waals surface area contributed by atoms with Gasteiger partial charge in [-0.1, -0.05) is 26.7 Å². The van der Waals surface area contributed by atoms with Crippen LogP contribution in [-0.4, -0.2) is 25.8 Å². The van der Waals surface area contributed by atoms with Crippen molar-refractivity contribution in [2.45, 2.75) is 51.7 Å². The van der Waals surface area contributed by atoms with Gasteiger partial charge in [-0.3, -0.25) is 0 Å². The Labute approximate surface area is 82.0 Å². The second-order valence-electron chi connectivity index (χ2n) is 4.38. The normalized spacial score (nSPS) is 21.2. The van der Waals surface area contributed by atoms with Crippen LogP contribution in [0.4, 0.5) is 0 Å². The van der Waals surface area contributed by atoms with Gasteiger partial charge in [0.1, 0.15) is 0 Å². The lowest BCUT2D eigenvalue weighted by Crippen LogP contribution is -2.36. The Bertz CT molecular complexity index is 130. The summed E-state index contributed by atoms with van der Waals surface area (Å²) < 4.78 is 5.85. The van der Waals surface area contributed by atoms with Crippen LogP contribution in [0.1, 0.15) is 39.5 Å². The number of nitrogens with one attached hydrogen (secondary N) is 1. The average Bonchev–Trinajstić information content (AvgIpc) is 2.57. The van der Waals surface area contributed by atoms with Crippen molar-refractivity contribution < 1.29 is 4.74 Å². The van der Waals surface area contributed by atoms with E-state index in [2.05, 4.69) is 19.2 Å². The number of hydrogen-bond acceptors (Lipinski definition) is 2. The fraction of sp³-hybridized carbons (Fsp3) is 1.00. The molecule has 1 saturated carbocycles. The van der Waals surface area contributed by atoms with Crippen molar-refractivity contribution in [3.8, 4) is 0 Å². The minimum Gasteiger partial charge on any atom is -0.377 e. The summed E-state index contributed by atoms with van der Waals surface area (Å²) in [6, 6.07) is 0.514. The maximum absolute atomic E-state index is 5.85. The van der Waals surface area contributed by atoms with Crippen molar-refractivity contribution in [2.75, 3.05) is 13.7 Å². The summed E-state index contributed by atoms with van der Waals surface area (Å²) in [6.45, 7) is 5.34. The van der Waals surface area contributed by atoms with Gasteiger partial charge in [0.15, 0.2) is 0 Å². The molecule has 0 amide bonds. The van der Waals surface area contributed by atoms with Crippen LogP contribution in [0, 0.1) is 5.92 Å². The first-order valence-corrected chi connectivity index (χ1v) is 5.53. The fourth-order valence-electron chi connectivity index (χ4n) is 1.90. The van der Waals surface area contributed by atoms with Crippen molar-refractivity contribution in [1.29, 1.82) is 0 Å². The van der Waals surface area contributed by atoms with Crippen molar-refractivity contribution >= 4 is 0 Å². The molecule has 1 aliphatic carbocycles. The largest absolute Gasteiger partial charge is 0.377 e. The molecule has 2 nitrogen and oxygen atoms in total. The van der Waals surface area contributed by atoms with Gasteiger partial charge in [0, 0.05) is 6.04 Å². The van der Waals surface area contributed by atoms with Crippen LogP contribution < -0.4 is 5.32 Å².